The maximum atomic E-state index is 12.2. The molecule has 1 aromatic rings. The van der Waals surface area contributed by atoms with Gasteiger partial charge in [0, 0.05) is 11.9 Å². The molecule has 1 aliphatic carbocycles. The van der Waals surface area contributed by atoms with Crippen LogP contribution < -0.4 is 5.32 Å². The first-order valence-electron chi connectivity index (χ1n) is 6.81. The SMILES string of the molecule is O=C(O)C1C2CCCC2CN1C(=O)NCc1cscn1. The van der Waals surface area contributed by atoms with Gasteiger partial charge < -0.3 is 15.3 Å². The van der Waals surface area contributed by atoms with Gasteiger partial charge in [0.25, 0.3) is 0 Å². The monoisotopic (exact) mass is 295 g/mol. The number of likely N-dealkylation sites (tertiary alicyclic amines) is 1. The lowest BCUT2D eigenvalue weighted by atomic mass is 9.94. The smallest absolute Gasteiger partial charge is 0.326 e. The molecule has 2 aliphatic rings. The lowest BCUT2D eigenvalue weighted by Gasteiger charge is -2.24. The first-order chi connectivity index (χ1) is 9.66. The fourth-order valence-electron chi connectivity index (χ4n) is 3.42. The van der Waals surface area contributed by atoms with Crippen LogP contribution in [0.3, 0.4) is 0 Å². The zero-order valence-corrected chi connectivity index (χ0v) is 11.8. The van der Waals surface area contributed by atoms with E-state index in [0.717, 1.165) is 25.0 Å². The Morgan fingerprint density at radius 2 is 2.35 bits per heavy atom. The maximum Gasteiger partial charge on any atom is 0.326 e. The summed E-state index contributed by atoms with van der Waals surface area (Å²) in [6.45, 7) is 0.908. The van der Waals surface area contributed by atoms with Gasteiger partial charge in [-0.2, -0.15) is 0 Å². The molecule has 2 fully saturated rings. The topological polar surface area (TPSA) is 82.5 Å². The molecule has 7 heteroatoms. The van der Waals surface area contributed by atoms with Crippen molar-refractivity contribution in [3.63, 3.8) is 0 Å². The van der Waals surface area contributed by atoms with Gasteiger partial charge >= 0.3 is 12.0 Å². The molecule has 1 aromatic heterocycles. The van der Waals surface area contributed by atoms with Crippen LogP contribution in [-0.2, 0) is 11.3 Å². The Hall–Kier alpha value is -1.63. The Bertz CT molecular complexity index is 505. The molecular weight excluding hydrogens is 278 g/mol. The Morgan fingerprint density at radius 1 is 1.50 bits per heavy atom. The number of amides is 2. The minimum absolute atomic E-state index is 0.123. The number of rotatable bonds is 3. The summed E-state index contributed by atoms with van der Waals surface area (Å²) in [5.41, 5.74) is 2.51. The van der Waals surface area contributed by atoms with Crippen LogP contribution in [0.25, 0.3) is 0 Å². The second-order valence-electron chi connectivity index (χ2n) is 5.43. The summed E-state index contributed by atoms with van der Waals surface area (Å²) < 4.78 is 0. The van der Waals surface area contributed by atoms with Gasteiger partial charge in [-0.05, 0) is 24.7 Å². The summed E-state index contributed by atoms with van der Waals surface area (Å²) in [6.07, 6.45) is 3.02. The van der Waals surface area contributed by atoms with Crippen molar-refractivity contribution >= 4 is 23.3 Å². The number of urea groups is 1. The van der Waals surface area contributed by atoms with Crippen molar-refractivity contribution in [3.05, 3.63) is 16.6 Å². The number of nitrogens with one attached hydrogen (secondary N) is 1. The highest BCUT2D eigenvalue weighted by Crippen LogP contribution is 2.42. The van der Waals surface area contributed by atoms with Gasteiger partial charge in [0.15, 0.2) is 0 Å². The van der Waals surface area contributed by atoms with Gasteiger partial charge in [-0.25, -0.2) is 14.6 Å². The van der Waals surface area contributed by atoms with Crippen LogP contribution in [0.5, 0.6) is 0 Å². The molecule has 3 rings (SSSR count). The van der Waals surface area contributed by atoms with E-state index >= 15 is 0 Å². The van der Waals surface area contributed by atoms with Gasteiger partial charge in [-0.15, -0.1) is 11.3 Å². The molecule has 2 heterocycles. The fraction of sp³-hybridized carbons (Fsp3) is 0.615. The lowest BCUT2D eigenvalue weighted by Crippen LogP contribution is -2.47. The molecule has 1 saturated heterocycles. The number of thiazole rings is 1. The zero-order chi connectivity index (χ0) is 14.1. The summed E-state index contributed by atoms with van der Waals surface area (Å²) in [5, 5.41) is 14.0. The van der Waals surface area contributed by atoms with Gasteiger partial charge in [0.2, 0.25) is 0 Å². The van der Waals surface area contributed by atoms with Gasteiger partial charge in [-0.1, -0.05) is 6.42 Å². The van der Waals surface area contributed by atoms with Crippen LogP contribution in [0, 0.1) is 11.8 Å². The molecule has 0 radical (unpaired) electrons. The number of carbonyl (C=O) groups excluding carboxylic acids is 1. The van der Waals surface area contributed by atoms with Gasteiger partial charge in [-0.3, -0.25) is 0 Å². The summed E-state index contributed by atoms with van der Waals surface area (Å²) in [6, 6.07) is -0.960. The zero-order valence-electron chi connectivity index (χ0n) is 11.0. The largest absolute Gasteiger partial charge is 0.480 e. The minimum Gasteiger partial charge on any atom is -0.480 e. The van der Waals surface area contributed by atoms with Crippen LogP contribution in [0.15, 0.2) is 10.9 Å². The number of hydrogen-bond acceptors (Lipinski definition) is 4. The molecule has 0 aromatic carbocycles. The molecule has 0 bridgehead atoms. The molecule has 3 unspecified atom stereocenters. The van der Waals surface area contributed by atoms with Gasteiger partial charge in [0.05, 0.1) is 17.7 Å². The van der Waals surface area contributed by atoms with Crippen LogP contribution in [0.1, 0.15) is 25.0 Å². The quantitative estimate of drug-likeness (QED) is 0.886. The Morgan fingerprint density at radius 3 is 3.05 bits per heavy atom. The standard InChI is InChI=1S/C13H17N3O3S/c17-12(18)11-10-3-1-2-8(10)5-16(11)13(19)14-4-9-6-20-7-15-9/h6-8,10-11H,1-5H2,(H,14,19)(H,17,18). The summed E-state index contributed by atoms with van der Waals surface area (Å²) in [7, 11) is 0. The number of hydrogen-bond donors (Lipinski definition) is 2. The van der Waals surface area contributed by atoms with E-state index in [2.05, 4.69) is 10.3 Å². The average molecular weight is 295 g/mol. The first kappa shape index (κ1) is 13.4. The van der Waals surface area contributed by atoms with Crippen LogP contribution in [-0.4, -0.2) is 39.6 Å². The number of carbonyl (C=O) groups is 2. The second-order valence-corrected chi connectivity index (χ2v) is 6.15. The Labute approximate surface area is 120 Å². The maximum absolute atomic E-state index is 12.2. The Balaban J connectivity index is 1.65. The number of fused-ring (bicyclic) bond motifs is 1. The summed E-state index contributed by atoms with van der Waals surface area (Å²) in [5.74, 6) is -0.415. The van der Waals surface area contributed by atoms with Crippen LogP contribution in [0.4, 0.5) is 4.79 Å². The van der Waals surface area contributed by atoms with Gasteiger partial charge in [0.1, 0.15) is 6.04 Å². The predicted molar refractivity (Wildman–Crippen MR) is 73.3 cm³/mol. The third-order valence-corrected chi connectivity index (χ3v) is 4.94. The van der Waals surface area contributed by atoms with Crippen molar-refractivity contribution < 1.29 is 14.7 Å². The second kappa shape index (κ2) is 5.40. The number of nitrogens with zero attached hydrogens (tertiary/aromatic N) is 2. The molecule has 2 N–H and O–H groups in total. The summed E-state index contributed by atoms with van der Waals surface area (Å²) >= 11 is 1.47. The molecule has 2 amide bonds. The third-order valence-electron chi connectivity index (χ3n) is 4.31. The molecule has 0 spiro atoms. The van der Waals surface area contributed by atoms with Crippen molar-refractivity contribution in [1.82, 2.24) is 15.2 Å². The minimum atomic E-state index is -0.886. The fourth-order valence-corrected chi connectivity index (χ4v) is 3.98. The highest BCUT2D eigenvalue weighted by molar-refractivity contribution is 7.07. The predicted octanol–water partition coefficient (Wildman–Crippen LogP) is 1.54. The average Bonchev–Trinajstić information content (AvgIpc) is 3.10. The summed E-state index contributed by atoms with van der Waals surface area (Å²) in [4.78, 5) is 29.3. The normalized spacial score (nSPS) is 28.4. The van der Waals surface area contributed by atoms with E-state index in [1.807, 2.05) is 5.38 Å². The van der Waals surface area contributed by atoms with E-state index in [-0.39, 0.29) is 11.9 Å². The molecular formula is C13H17N3O3S. The highest BCUT2D eigenvalue weighted by Gasteiger charge is 2.49. The number of carboxylic acids is 1. The van der Waals surface area contributed by atoms with E-state index < -0.39 is 12.0 Å². The van der Waals surface area contributed by atoms with Crippen molar-refractivity contribution in [2.45, 2.75) is 31.8 Å². The van der Waals surface area contributed by atoms with Crippen molar-refractivity contribution in [2.24, 2.45) is 11.8 Å². The first-order valence-corrected chi connectivity index (χ1v) is 7.75. The third kappa shape index (κ3) is 2.37. The van der Waals surface area contributed by atoms with Crippen molar-refractivity contribution in [1.29, 1.82) is 0 Å². The molecule has 6 nitrogen and oxygen atoms in total. The highest BCUT2D eigenvalue weighted by atomic mass is 32.1. The van der Waals surface area contributed by atoms with Crippen molar-refractivity contribution in [3.8, 4) is 0 Å². The van der Waals surface area contributed by atoms with E-state index in [0.29, 0.717) is 19.0 Å². The number of aliphatic carboxylic acids is 1. The number of carboxylic acid groups (broad SMARTS) is 1. The lowest BCUT2D eigenvalue weighted by molar-refractivity contribution is -0.142. The molecule has 1 saturated carbocycles. The van der Waals surface area contributed by atoms with E-state index in [9.17, 15) is 14.7 Å². The van der Waals surface area contributed by atoms with Crippen LogP contribution >= 0.6 is 11.3 Å². The van der Waals surface area contributed by atoms with E-state index in [4.69, 9.17) is 0 Å². The number of aromatic nitrogens is 1. The molecule has 1 aliphatic heterocycles. The molecule has 20 heavy (non-hydrogen) atoms. The Kier molecular flexibility index (Phi) is 3.60. The van der Waals surface area contributed by atoms with Crippen LogP contribution in [0.2, 0.25) is 0 Å². The van der Waals surface area contributed by atoms with Crippen molar-refractivity contribution in [2.75, 3.05) is 6.54 Å². The molecule has 108 valence electrons. The van der Waals surface area contributed by atoms with E-state index in [1.165, 1.54) is 16.2 Å². The van der Waals surface area contributed by atoms with E-state index in [1.54, 1.807) is 5.51 Å². The molecule has 3 atom stereocenters.